The molecule has 18 heteroatoms. The highest BCUT2D eigenvalue weighted by Crippen LogP contribution is 2.44. The van der Waals surface area contributed by atoms with E-state index in [4.69, 9.17) is 9.47 Å². The minimum absolute atomic E-state index is 0.0541. The summed E-state index contributed by atoms with van der Waals surface area (Å²) >= 11 is 0. The summed E-state index contributed by atoms with van der Waals surface area (Å²) in [5, 5.41) is 10.3. The number of aryl methyl sites for hydroxylation is 2. The minimum atomic E-state index is -1.62. The van der Waals surface area contributed by atoms with Gasteiger partial charge >= 0.3 is 11.9 Å². The van der Waals surface area contributed by atoms with E-state index in [1.165, 1.54) is 97.1 Å². The van der Waals surface area contributed by atoms with Gasteiger partial charge in [0.2, 0.25) is 0 Å². The molecule has 0 bridgehead atoms. The van der Waals surface area contributed by atoms with Crippen LogP contribution in [0.2, 0.25) is 0 Å². The second-order valence-corrected chi connectivity index (χ2v) is 25.8. The number of carbonyl (C=O) groups excluding carboxylic acids is 10. The number of amides is 8. The summed E-state index contributed by atoms with van der Waals surface area (Å²) in [7, 11) is 0. The van der Waals surface area contributed by atoms with Gasteiger partial charge in [0.15, 0.2) is 5.92 Å². The molecule has 99 heavy (non-hydrogen) atoms. The Morgan fingerprint density at radius 2 is 0.606 bits per heavy atom. The lowest BCUT2D eigenvalue weighted by Crippen LogP contribution is -2.43. The largest absolute Gasteiger partial charge is 0.426 e. The van der Waals surface area contributed by atoms with Crippen molar-refractivity contribution in [3.8, 4) is 11.5 Å². The number of hydrogen-bond acceptors (Lipinski definition) is 14. The quantitative estimate of drug-likeness (QED) is 0.0463. The van der Waals surface area contributed by atoms with Crippen LogP contribution in [0.3, 0.4) is 0 Å². The van der Waals surface area contributed by atoms with Crippen molar-refractivity contribution in [2.75, 3.05) is 24.5 Å². The molecule has 4 aliphatic rings. The van der Waals surface area contributed by atoms with Crippen LogP contribution in [-0.4, -0.2) is 64.3 Å². The number of aliphatic hydroxyl groups is 1. The topological polar surface area (TPSA) is 226 Å². The molecule has 0 radical (unpaired) electrons. The summed E-state index contributed by atoms with van der Waals surface area (Å²) in [5.74, 6) is -9.22. The maximum atomic E-state index is 14.6. The zero-order valence-corrected chi connectivity index (χ0v) is 53.9. The number of hydrogen-bond donors (Lipinski definition) is 1. The first-order valence-electron chi connectivity index (χ1n) is 31.9. The SMILES string of the molecule is Cc1ccc(N(c2ccc(C)cc2)c2ccc(CC(C(=O)Oc3ccc(N4C(=O)c5ccc6c7c(ccc(c57)C4=O)C(=O)N(c4ccc(CO)cc4)C6=O)cc3)C(=O)Oc3ccc(N4C(=O)c5ccc6c7c(ccc(c57)C4=O)C(=O)N(c4ccc(C(C)(C)C)cc4)C6=O)cc3)cc2)cc1. The Balaban J connectivity index is 0.692. The van der Waals surface area contributed by atoms with E-state index < -0.39 is 65.1 Å². The Hall–Kier alpha value is -12.8. The zero-order chi connectivity index (χ0) is 69.0. The number of nitrogens with zero attached hydrogens (tertiary/aromatic N) is 5. The Morgan fingerprint density at radius 3 is 0.879 bits per heavy atom. The molecule has 484 valence electrons. The van der Waals surface area contributed by atoms with Crippen LogP contribution in [0.1, 0.15) is 131 Å². The number of benzene rings is 11. The molecule has 0 spiro atoms. The van der Waals surface area contributed by atoms with Crippen molar-refractivity contribution < 1.29 is 62.5 Å². The number of anilines is 7. The fourth-order valence-corrected chi connectivity index (χ4v) is 13.4. The predicted molar refractivity (Wildman–Crippen MR) is 372 cm³/mol. The van der Waals surface area contributed by atoms with Crippen molar-refractivity contribution in [1.29, 1.82) is 0 Å². The number of rotatable bonds is 14. The first kappa shape index (κ1) is 62.3. The van der Waals surface area contributed by atoms with Gasteiger partial charge in [-0.2, -0.15) is 0 Å². The summed E-state index contributed by atoms with van der Waals surface area (Å²) < 4.78 is 11.9. The maximum absolute atomic E-state index is 14.6. The van der Waals surface area contributed by atoms with Crippen LogP contribution in [0.5, 0.6) is 11.5 Å². The average molecular weight is 1310 g/mol. The van der Waals surface area contributed by atoms with E-state index in [1.54, 1.807) is 48.5 Å². The lowest BCUT2D eigenvalue weighted by Gasteiger charge is -2.32. The highest BCUT2D eigenvalue weighted by molar-refractivity contribution is 6.44. The number of esters is 2. The molecule has 15 rings (SSSR count). The molecular formula is C81H57N5O13. The molecule has 11 aromatic rings. The third-order valence-electron chi connectivity index (χ3n) is 18.6. The third kappa shape index (κ3) is 10.5. The molecule has 1 atom stereocenters. The van der Waals surface area contributed by atoms with Crippen molar-refractivity contribution in [2.45, 2.75) is 53.1 Å². The van der Waals surface area contributed by atoms with Crippen LogP contribution in [-0.2, 0) is 28.0 Å². The molecule has 0 aromatic heterocycles. The Bertz CT molecular complexity index is 5170. The number of imide groups is 4. The predicted octanol–water partition coefficient (Wildman–Crippen LogP) is 14.4. The second-order valence-electron chi connectivity index (χ2n) is 25.8. The summed E-state index contributed by atoms with van der Waals surface area (Å²) in [4.78, 5) is 150. The van der Waals surface area contributed by atoms with Gasteiger partial charge in [-0.1, -0.05) is 92.6 Å². The Labute approximate surface area is 566 Å². The summed E-state index contributed by atoms with van der Waals surface area (Å²) in [6.07, 6.45) is -0.216. The van der Waals surface area contributed by atoms with E-state index in [0.29, 0.717) is 16.8 Å². The van der Waals surface area contributed by atoms with Crippen LogP contribution in [0.25, 0.3) is 21.5 Å². The molecule has 0 saturated carbocycles. The molecule has 8 amide bonds. The van der Waals surface area contributed by atoms with Gasteiger partial charge in [0.25, 0.3) is 47.3 Å². The Kier molecular flexibility index (Phi) is 15.0. The minimum Gasteiger partial charge on any atom is -0.426 e. The molecule has 0 fully saturated rings. The number of ether oxygens (including phenoxy) is 2. The molecule has 11 aromatic carbocycles. The van der Waals surface area contributed by atoms with Gasteiger partial charge in [0.05, 0.1) is 29.4 Å². The highest BCUT2D eigenvalue weighted by Gasteiger charge is 2.44. The fourth-order valence-electron chi connectivity index (χ4n) is 13.4. The van der Waals surface area contributed by atoms with Gasteiger partial charge in [-0.15, -0.1) is 0 Å². The summed E-state index contributed by atoms with van der Waals surface area (Å²) in [5.41, 5.74) is 8.39. The van der Waals surface area contributed by atoms with Gasteiger partial charge in [-0.05, 0) is 200 Å². The van der Waals surface area contributed by atoms with E-state index >= 15 is 0 Å². The molecule has 1 N–H and O–H groups in total. The van der Waals surface area contributed by atoms with Crippen molar-refractivity contribution in [2.24, 2.45) is 5.92 Å². The first-order chi connectivity index (χ1) is 47.6. The van der Waals surface area contributed by atoms with E-state index in [2.05, 4.69) is 25.7 Å². The van der Waals surface area contributed by atoms with E-state index in [1.807, 2.05) is 86.6 Å². The van der Waals surface area contributed by atoms with Gasteiger partial charge < -0.3 is 19.5 Å². The molecule has 18 nitrogen and oxygen atoms in total. The fraction of sp³-hybridized carbons (Fsp3) is 0.111. The van der Waals surface area contributed by atoms with Crippen molar-refractivity contribution >= 4 is 121 Å². The average Bonchev–Trinajstić information content (AvgIpc) is 0.714. The van der Waals surface area contributed by atoms with Crippen LogP contribution < -0.4 is 34.0 Å². The lowest BCUT2D eigenvalue weighted by atomic mass is 9.85. The molecule has 4 heterocycles. The third-order valence-corrected chi connectivity index (χ3v) is 18.6. The van der Waals surface area contributed by atoms with Crippen LogP contribution >= 0.6 is 0 Å². The van der Waals surface area contributed by atoms with Crippen LogP contribution in [0.15, 0.2) is 218 Å². The van der Waals surface area contributed by atoms with Crippen molar-refractivity contribution in [3.63, 3.8) is 0 Å². The van der Waals surface area contributed by atoms with Gasteiger partial charge in [0.1, 0.15) is 11.5 Å². The van der Waals surface area contributed by atoms with Crippen molar-refractivity contribution in [1.82, 2.24) is 0 Å². The maximum Gasteiger partial charge on any atom is 0.326 e. The van der Waals surface area contributed by atoms with Crippen molar-refractivity contribution in [3.05, 3.63) is 291 Å². The highest BCUT2D eigenvalue weighted by atomic mass is 16.6. The monoisotopic (exact) mass is 1310 g/mol. The van der Waals surface area contributed by atoms with E-state index in [9.17, 15) is 53.1 Å². The number of carbonyl (C=O) groups is 10. The standard InChI is InChI=1S/C81H57N5O13/c1-44-6-16-49(17-7-44)82(50-18-8-45(2)9-19-50)51-20-10-46(11-21-51)42-66(79(96)98-56-30-26-54(27-31-56)85-75(92)62-38-34-58-67-59(35-39-63(69(62)67)76(85)93)72(89)83(71(58)88)52-22-12-47(43-87)13-23-52)80(97)99-57-32-28-55(29-33-57)86-77(94)64-40-36-60-68-61(37-41-65(70(64)68)78(86)95)74(91)84(73(60)90)53-24-14-48(15-25-53)81(3,4)5/h6-41,66,87H,42-43H2,1-5H3. The van der Waals surface area contributed by atoms with Gasteiger partial charge in [-0.3, -0.25) is 47.9 Å². The smallest absolute Gasteiger partial charge is 0.326 e. The molecule has 4 aliphatic heterocycles. The lowest BCUT2D eigenvalue weighted by molar-refractivity contribution is -0.151. The normalized spacial score (nSPS) is 14.4. The summed E-state index contributed by atoms with van der Waals surface area (Å²) in [6.45, 7) is 9.95. The number of aliphatic hydroxyl groups excluding tert-OH is 1. The molecular weight excluding hydrogens is 1250 g/mol. The zero-order valence-electron chi connectivity index (χ0n) is 53.9. The first-order valence-corrected chi connectivity index (χ1v) is 31.9. The molecule has 0 saturated heterocycles. The summed E-state index contributed by atoms with van der Waals surface area (Å²) in [6, 6.07) is 59.7. The molecule has 1 unspecified atom stereocenters. The van der Waals surface area contributed by atoms with Gasteiger partial charge in [0, 0.05) is 83.1 Å². The second kappa shape index (κ2) is 23.8. The van der Waals surface area contributed by atoms with E-state index in [-0.39, 0.29) is 113 Å². The van der Waals surface area contributed by atoms with Crippen LogP contribution in [0, 0.1) is 19.8 Å². The van der Waals surface area contributed by atoms with Gasteiger partial charge in [-0.25, -0.2) is 19.6 Å². The van der Waals surface area contributed by atoms with Crippen LogP contribution in [0.4, 0.5) is 39.8 Å². The van der Waals surface area contributed by atoms with E-state index in [0.717, 1.165) is 53.4 Å². The molecule has 0 aliphatic carbocycles. The Morgan fingerprint density at radius 1 is 0.354 bits per heavy atom.